The molecule has 2 aromatic heterocycles. The van der Waals surface area contributed by atoms with Crippen LogP contribution in [0.5, 0.6) is 0 Å². The summed E-state index contributed by atoms with van der Waals surface area (Å²) < 4.78 is 5.39. The summed E-state index contributed by atoms with van der Waals surface area (Å²) in [5.74, 6) is 0.880. The number of carbonyl (C=O) groups excluding carboxylic acids is 2. The lowest BCUT2D eigenvalue weighted by Crippen LogP contribution is -2.38. The van der Waals surface area contributed by atoms with E-state index in [0.717, 1.165) is 5.39 Å². The third kappa shape index (κ3) is 3.56. The monoisotopic (exact) mass is 403 g/mol. The average molecular weight is 404 g/mol. The van der Waals surface area contributed by atoms with Crippen molar-refractivity contribution in [1.82, 2.24) is 14.9 Å². The zero-order chi connectivity index (χ0) is 20.2. The van der Waals surface area contributed by atoms with Crippen LogP contribution in [0.25, 0.3) is 10.8 Å². The highest BCUT2D eigenvalue weighted by molar-refractivity contribution is 6.30. The van der Waals surface area contributed by atoms with E-state index >= 15 is 0 Å². The molecule has 2 aromatic rings. The standard InChI is InChI=1S/C19H22ClN5O3/c1-19(2,3)28-18(27)25-7-11-12(8-25)15(11)17(26)24-14-5-9-4-13(20)23-16(21)10(9)6-22-14/h4-6,11-12,15H,7-8H2,1-3H3,(H2,21,23)(H,22,24,26)/t11-,12+,15?. The number of likely N-dealkylation sites (tertiary alicyclic amines) is 1. The van der Waals surface area contributed by atoms with Gasteiger partial charge in [0, 0.05) is 30.6 Å². The maximum Gasteiger partial charge on any atom is 0.410 e. The summed E-state index contributed by atoms with van der Waals surface area (Å²) in [6.07, 6.45) is 1.25. The average Bonchev–Trinajstić information content (AvgIpc) is 3.07. The molecule has 3 atom stereocenters. The van der Waals surface area contributed by atoms with Gasteiger partial charge in [-0.25, -0.2) is 14.8 Å². The molecular weight excluding hydrogens is 382 g/mol. The minimum absolute atomic E-state index is 0.0844. The highest BCUT2D eigenvalue weighted by atomic mass is 35.5. The van der Waals surface area contributed by atoms with E-state index in [-0.39, 0.29) is 34.9 Å². The van der Waals surface area contributed by atoms with Crippen LogP contribution in [0.4, 0.5) is 16.4 Å². The van der Waals surface area contributed by atoms with Gasteiger partial charge in [-0.05, 0) is 50.1 Å². The molecule has 2 aliphatic rings. The second-order valence-electron chi connectivity index (χ2n) is 8.35. The number of hydrogen-bond donors (Lipinski definition) is 2. The molecule has 0 bridgehead atoms. The minimum atomic E-state index is -0.524. The zero-order valence-corrected chi connectivity index (χ0v) is 16.7. The highest BCUT2D eigenvalue weighted by Gasteiger charge is 2.60. The van der Waals surface area contributed by atoms with Crippen molar-refractivity contribution in [2.45, 2.75) is 26.4 Å². The molecule has 3 N–H and O–H groups in total. The molecule has 1 saturated heterocycles. The number of nitrogens with one attached hydrogen (secondary N) is 1. The smallest absolute Gasteiger partial charge is 0.410 e. The Labute approximate surface area is 167 Å². The van der Waals surface area contributed by atoms with Crippen molar-refractivity contribution in [3.8, 4) is 0 Å². The number of carbonyl (C=O) groups is 2. The molecule has 1 unspecified atom stereocenters. The third-order valence-electron chi connectivity index (χ3n) is 5.11. The van der Waals surface area contributed by atoms with Crippen LogP contribution >= 0.6 is 11.6 Å². The van der Waals surface area contributed by atoms with Crippen LogP contribution < -0.4 is 11.1 Å². The summed E-state index contributed by atoms with van der Waals surface area (Å²) >= 11 is 5.95. The van der Waals surface area contributed by atoms with Gasteiger partial charge in [-0.15, -0.1) is 0 Å². The molecule has 0 aromatic carbocycles. The fraction of sp³-hybridized carbons (Fsp3) is 0.474. The number of nitrogens with two attached hydrogens (primary N) is 1. The Bertz CT molecular complexity index is 962. The van der Waals surface area contributed by atoms with Crippen LogP contribution in [0.1, 0.15) is 20.8 Å². The van der Waals surface area contributed by atoms with E-state index in [1.807, 2.05) is 20.8 Å². The van der Waals surface area contributed by atoms with E-state index in [1.54, 1.807) is 23.2 Å². The van der Waals surface area contributed by atoms with E-state index in [4.69, 9.17) is 22.1 Å². The van der Waals surface area contributed by atoms with E-state index < -0.39 is 5.60 Å². The molecule has 9 heteroatoms. The first-order valence-corrected chi connectivity index (χ1v) is 9.51. The molecule has 0 radical (unpaired) electrons. The number of nitrogens with zero attached hydrogens (tertiary/aromatic N) is 3. The summed E-state index contributed by atoms with van der Waals surface area (Å²) in [6.45, 7) is 6.60. The van der Waals surface area contributed by atoms with Gasteiger partial charge in [0.15, 0.2) is 0 Å². The van der Waals surface area contributed by atoms with Crippen LogP contribution in [0.2, 0.25) is 5.15 Å². The molecular formula is C19H22ClN5O3. The van der Waals surface area contributed by atoms with Gasteiger partial charge in [0.05, 0.1) is 0 Å². The van der Waals surface area contributed by atoms with Crippen molar-refractivity contribution in [3.05, 3.63) is 23.5 Å². The minimum Gasteiger partial charge on any atom is -0.444 e. The van der Waals surface area contributed by atoms with Crippen molar-refractivity contribution in [1.29, 1.82) is 0 Å². The number of fused-ring (bicyclic) bond motifs is 2. The first kappa shape index (κ1) is 18.7. The zero-order valence-electron chi connectivity index (χ0n) is 15.9. The van der Waals surface area contributed by atoms with Gasteiger partial charge in [-0.2, -0.15) is 0 Å². The largest absolute Gasteiger partial charge is 0.444 e. The van der Waals surface area contributed by atoms with Crippen molar-refractivity contribution in [3.63, 3.8) is 0 Å². The van der Waals surface area contributed by atoms with E-state index in [9.17, 15) is 9.59 Å². The maximum absolute atomic E-state index is 12.6. The van der Waals surface area contributed by atoms with Gasteiger partial charge < -0.3 is 20.7 Å². The van der Waals surface area contributed by atoms with Gasteiger partial charge in [0.1, 0.15) is 22.4 Å². The summed E-state index contributed by atoms with van der Waals surface area (Å²) in [5.41, 5.74) is 5.32. The second-order valence-corrected chi connectivity index (χ2v) is 8.74. The number of ether oxygens (including phenoxy) is 1. The summed E-state index contributed by atoms with van der Waals surface area (Å²) in [7, 11) is 0. The fourth-order valence-corrected chi connectivity index (χ4v) is 4.02. The number of hydrogen-bond acceptors (Lipinski definition) is 6. The molecule has 8 nitrogen and oxygen atoms in total. The summed E-state index contributed by atoms with van der Waals surface area (Å²) in [5, 5.41) is 4.58. The third-order valence-corrected chi connectivity index (χ3v) is 5.31. The van der Waals surface area contributed by atoms with Crippen molar-refractivity contribution < 1.29 is 14.3 Å². The molecule has 2 amide bonds. The predicted octanol–water partition coefficient (Wildman–Crippen LogP) is 2.92. The number of nitrogen functional groups attached to an aromatic ring is 1. The first-order valence-electron chi connectivity index (χ1n) is 9.13. The van der Waals surface area contributed by atoms with E-state index in [2.05, 4.69) is 15.3 Å². The van der Waals surface area contributed by atoms with Gasteiger partial charge in [0.25, 0.3) is 0 Å². The van der Waals surface area contributed by atoms with Crippen molar-refractivity contribution >= 4 is 46.0 Å². The Morgan fingerprint density at radius 2 is 1.96 bits per heavy atom. The van der Waals surface area contributed by atoms with Crippen LogP contribution in [-0.4, -0.2) is 45.6 Å². The quantitative estimate of drug-likeness (QED) is 0.746. The van der Waals surface area contributed by atoms with Crippen molar-refractivity contribution in [2.75, 3.05) is 24.1 Å². The highest BCUT2D eigenvalue weighted by Crippen LogP contribution is 2.52. The van der Waals surface area contributed by atoms with Crippen LogP contribution in [0.3, 0.4) is 0 Å². The Morgan fingerprint density at radius 3 is 2.61 bits per heavy atom. The Hall–Kier alpha value is -2.61. The summed E-state index contributed by atoms with van der Waals surface area (Å²) in [6, 6.07) is 3.40. The lowest BCUT2D eigenvalue weighted by Gasteiger charge is -2.25. The topological polar surface area (TPSA) is 110 Å². The first-order chi connectivity index (χ1) is 13.1. The summed E-state index contributed by atoms with van der Waals surface area (Å²) in [4.78, 5) is 34.7. The molecule has 1 aliphatic heterocycles. The van der Waals surface area contributed by atoms with Crippen molar-refractivity contribution in [2.24, 2.45) is 17.8 Å². The Morgan fingerprint density at radius 1 is 1.29 bits per heavy atom. The van der Waals surface area contributed by atoms with E-state index in [1.165, 1.54) is 0 Å². The molecule has 1 saturated carbocycles. The molecule has 2 fully saturated rings. The van der Waals surface area contributed by atoms with Gasteiger partial charge in [-0.3, -0.25) is 4.79 Å². The molecule has 1 aliphatic carbocycles. The lowest BCUT2D eigenvalue weighted by molar-refractivity contribution is -0.118. The second kappa shape index (κ2) is 6.48. The lowest BCUT2D eigenvalue weighted by atomic mass is 10.2. The number of halogens is 1. The Balaban J connectivity index is 1.38. The Kier molecular flexibility index (Phi) is 4.33. The number of piperidine rings is 1. The number of pyridine rings is 2. The number of aromatic nitrogens is 2. The molecule has 3 heterocycles. The number of amides is 2. The predicted molar refractivity (Wildman–Crippen MR) is 106 cm³/mol. The molecule has 4 rings (SSSR count). The molecule has 0 spiro atoms. The van der Waals surface area contributed by atoms with Gasteiger partial charge >= 0.3 is 6.09 Å². The normalized spacial score (nSPS) is 23.4. The van der Waals surface area contributed by atoms with Crippen LogP contribution in [0.15, 0.2) is 18.3 Å². The van der Waals surface area contributed by atoms with E-state index in [0.29, 0.717) is 30.1 Å². The van der Waals surface area contributed by atoms with Gasteiger partial charge in [-0.1, -0.05) is 11.6 Å². The fourth-order valence-electron chi connectivity index (χ4n) is 3.81. The van der Waals surface area contributed by atoms with Crippen LogP contribution in [0, 0.1) is 17.8 Å². The van der Waals surface area contributed by atoms with Crippen LogP contribution in [-0.2, 0) is 9.53 Å². The maximum atomic E-state index is 12.6. The molecule has 148 valence electrons. The SMILES string of the molecule is CC(C)(C)OC(=O)N1C[C@@H]2C(C(=O)Nc3cc4cc(Cl)nc(N)c4cn3)[C@@H]2C1. The van der Waals surface area contributed by atoms with Gasteiger partial charge in [0.2, 0.25) is 5.91 Å². The number of rotatable bonds is 2. The molecule has 28 heavy (non-hydrogen) atoms. The number of anilines is 2.